The van der Waals surface area contributed by atoms with E-state index in [1.54, 1.807) is 7.11 Å². The van der Waals surface area contributed by atoms with Gasteiger partial charge >= 0.3 is 0 Å². The Morgan fingerprint density at radius 2 is 1.85 bits per heavy atom. The minimum absolute atomic E-state index is 0.755. The Morgan fingerprint density at radius 1 is 1.15 bits per heavy atom. The van der Waals surface area contributed by atoms with Crippen LogP contribution in [0.2, 0.25) is 0 Å². The van der Waals surface area contributed by atoms with E-state index in [0.29, 0.717) is 0 Å². The fourth-order valence-corrected chi connectivity index (χ4v) is 1.98. The zero-order valence-electron chi connectivity index (χ0n) is 12.4. The minimum Gasteiger partial charge on any atom is -0.383 e. The number of para-hydroxylation sites is 2. The van der Waals surface area contributed by atoms with Gasteiger partial charge in [0, 0.05) is 26.7 Å². The van der Waals surface area contributed by atoms with Crippen molar-refractivity contribution in [3.63, 3.8) is 0 Å². The van der Waals surface area contributed by atoms with Crippen molar-refractivity contribution in [3.05, 3.63) is 30.0 Å². The number of anilines is 1. The predicted molar refractivity (Wildman–Crippen MR) is 82.1 cm³/mol. The molecule has 1 heterocycles. The van der Waals surface area contributed by atoms with Crippen molar-refractivity contribution in [2.75, 3.05) is 45.7 Å². The van der Waals surface area contributed by atoms with Gasteiger partial charge in [0.2, 0.25) is 0 Å². The van der Waals surface area contributed by atoms with Crippen LogP contribution >= 0.6 is 0 Å². The van der Waals surface area contributed by atoms with Crippen molar-refractivity contribution < 1.29 is 4.74 Å². The second kappa shape index (κ2) is 7.17. The van der Waals surface area contributed by atoms with Gasteiger partial charge in [0.15, 0.2) is 0 Å². The predicted octanol–water partition coefficient (Wildman–Crippen LogP) is 1.93. The number of aryl methyl sites for hydroxylation is 1. The average molecular weight is 274 g/mol. The smallest absolute Gasteiger partial charge is 0.148 e. The standard InChI is InChI=1S/C15H22N4O/c1-12-15(16-8-9-19(2)10-11-20-3)18-14-7-5-4-6-13(14)17-12/h4-7H,8-11H2,1-3H3,(H,16,18). The van der Waals surface area contributed by atoms with Gasteiger partial charge in [-0.25, -0.2) is 9.97 Å². The first kappa shape index (κ1) is 14.7. The normalized spacial score (nSPS) is 11.2. The minimum atomic E-state index is 0.755. The van der Waals surface area contributed by atoms with Crippen molar-refractivity contribution in [1.29, 1.82) is 0 Å². The van der Waals surface area contributed by atoms with Crippen molar-refractivity contribution in [2.24, 2.45) is 0 Å². The van der Waals surface area contributed by atoms with Crippen LogP contribution in [0, 0.1) is 6.92 Å². The third-order valence-corrected chi connectivity index (χ3v) is 3.21. The topological polar surface area (TPSA) is 50.3 Å². The summed E-state index contributed by atoms with van der Waals surface area (Å²) in [5.74, 6) is 0.865. The van der Waals surface area contributed by atoms with E-state index < -0.39 is 0 Å². The molecule has 1 N–H and O–H groups in total. The molecule has 0 saturated carbocycles. The van der Waals surface area contributed by atoms with Crippen molar-refractivity contribution >= 4 is 16.9 Å². The average Bonchev–Trinajstić information content (AvgIpc) is 2.45. The van der Waals surface area contributed by atoms with Crippen LogP contribution in [0.1, 0.15) is 5.69 Å². The molecule has 0 spiro atoms. The molecule has 5 heteroatoms. The summed E-state index contributed by atoms with van der Waals surface area (Å²) in [6, 6.07) is 7.93. The number of aromatic nitrogens is 2. The quantitative estimate of drug-likeness (QED) is 0.836. The molecule has 0 fully saturated rings. The summed E-state index contributed by atoms with van der Waals surface area (Å²) in [4.78, 5) is 11.4. The number of hydrogen-bond donors (Lipinski definition) is 1. The number of nitrogens with one attached hydrogen (secondary N) is 1. The van der Waals surface area contributed by atoms with Gasteiger partial charge < -0.3 is 15.0 Å². The van der Waals surface area contributed by atoms with Gasteiger partial charge in [-0.1, -0.05) is 12.1 Å². The second-order valence-corrected chi connectivity index (χ2v) is 4.87. The molecular weight excluding hydrogens is 252 g/mol. The van der Waals surface area contributed by atoms with Gasteiger partial charge in [-0.15, -0.1) is 0 Å². The third kappa shape index (κ3) is 3.88. The maximum absolute atomic E-state index is 5.06. The molecule has 1 aromatic heterocycles. The lowest BCUT2D eigenvalue weighted by Gasteiger charge is -2.17. The van der Waals surface area contributed by atoms with Crippen LogP contribution in [0.5, 0.6) is 0 Å². The summed E-state index contributed by atoms with van der Waals surface area (Å²) in [6.07, 6.45) is 0. The van der Waals surface area contributed by atoms with E-state index >= 15 is 0 Å². The fraction of sp³-hybridized carbons (Fsp3) is 0.467. The molecule has 0 unspecified atom stereocenters. The van der Waals surface area contributed by atoms with E-state index in [4.69, 9.17) is 4.74 Å². The zero-order chi connectivity index (χ0) is 14.4. The maximum atomic E-state index is 5.06. The van der Waals surface area contributed by atoms with Crippen LogP contribution in [-0.4, -0.2) is 55.3 Å². The molecule has 0 radical (unpaired) electrons. The number of nitrogens with zero attached hydrogens (tertiary/aromatic N) is 3. The van der Waals surface area contributed by atoms with Crippen LogP contribution in [0.15, 0.2) is 24.3 Å². The highest BCUT2D eigenvalue weighted by Crippen LogP contribution is 2.15. The van der Waals surface area contributed by atoms with Crippen molar-refractivity contribution in [2.45, 2.75) is 6.92 Å². The fourth-order valence-electron chi connectivity index (χ4n) is 1.98. The summed E-state index contributed by atoms with van der Waals surface area (Å²) in [5.41, 5.74) is 2.80. The van der Waals surface area contributed by atoms with Crippen LogP contribution in [0.3, 0.4) is 0 Å². The first-order chi connectivity index (χ1) is 9.70. The highest BCUT2D eigenvalue weighted by atomic mass is 16.5. The summed E-state index contributed by atoms with van der Waals surface area (Å²) in [7, 11) is 3.81. The highest BCUT2D eigenvalue weighted by Gasteiger charge is 2.04. The van der Waals surface area contributed by atoms with Crippen LogP contribution in [0.25, 0.3) is 11.0 Å². The Morgan fingerprint density at radius 3 is 2.55 bits per heavy atom. The summed E-state index contributed by atoms with van der Waals surface area (Å²) < 4.78 is 5.06. The Bertz CT molecular complexity index is 559. The number of rotatable bonds is 7. The number of hydrogen-bond acceptors (Lipinski definition) is 5. The molecule has 0 aliphatic heterocycles. The maximum Gasteiger partial charge on any atom is 0.148 e. The second-order valence-electron chi connectivity index (χ2n) is 4.87. The lowest BCUT2D eigenvalue weighted by molar-refractivity contribution is 0.163. The SMILES string of the molecule is COCCN(C)CCNc1nc2ccccc2nc1C. The highest BCUT2D eigenvalue weighted by molar-refractivity contribution is 5.76. The Kier molecular flexibility index (Phi) is 5.26. The number of ether oxygens (including phenoxy) is 1. The van der Waals surface area contributed by atoms with E-state index in [9.17, 15) is 0 Å². The molecule has 2 aromatic rings. The van der Waals surface area contributed by atoms with Gasteiger partial charge in [0.1, 0.15) is 5.82 Å². The summed E-state index contributed by atoms with van der Waals surface area (Å²) in [5, 5.41) is 3.36. The molecule has 5 nitrogen and oxygen atoms in total. The summed E-state index contributed by atoms with van der Waals surface area (Å²) in [6.45, 7) is 5.45. The first-order valence-corrected chi connectivity index (χ1v) is 6.85. The van der Waals surface area contributed by atoms with Crippen LogP contribution in [-0.2, 0) is 4.74 Å². The molecule has 0 atom stereocenters. The zero-order valence-corrected chi connectivity index (χ0v) is 12.4. The number of likely N-dealkylation sites (N-methyl/N-ethyl adjacent to an activating group) is 1. The van der Waals surface area contributed by atoms with Crippen molar-refractivity contribution in [3.8, 4) is 0 Å². The molecule has 108 valence electrons. The van der Waals surface area contributed by atoms with Crippen molar-refractivity contribution in [1.82, 2.24) is 14.9 Å². The van der Waals surface area contributed by atoms with Gasteiger partial charge in [0.25, 0.3) is 0 Å². The molecule has 1 aromatic carbocycles. The summed E-state index contributed by atoms with van der Waals surface area (Å²) >= 11 is 0. The van der Waals surface area contributed by atoms with Gasteiger partial charge in [-0.05, 0) is 26.1 Å². The van der Waals surface area contributed by atoms with E-state index in [1.807, 2.05) is 31.2 Å². The molecule has 2 rings (SSSR count). The lowest BCUT2D eigenvalue weighted by atomic mass is 10.3. The molecule has 0 aliphatic rings. The Labute approximate surface area is 120 Å². The Hall–Kier alpha value is -1.72. The van der Waals surface area contributed by atoms with E-state index in [0.717, 1.165) is 48.8 Å². The van der Waals surface area contributed by atoms with Gasteiger partial charge in [0.05, 0.1) is 23.3 Å². The molecule has 0 bridgehead atoms. The molecule has 0 amide bonds. The van der Waals surface area contributed by atoms with E-state index in [2.05, 4.69) is 27.2 Å². The number of benzene rings is 1. The third-order valence-electron chi connectivity index (χ3n) is 3.21. The van der Waals surface area contributed by atoms with E-state index in [1.165, 1.54) is 0 Å². The molecule has 0 saturated heterocycles. The first-order valence-electron chi connectivity index (χ1n) is 6.85. The molecule has 20 heavy (non-hydrogen) atoms. The van der Waals surface area contributed by atoms with Crippen LogP contribution in [0.4, 0.5) is 5.82 Å². The lowest BCUT2D eigenvalue weighted by Crippen LogP contribution is -2.28. The number of fused-ring (bicyclic) bond motifs is 1. The Balaban J connectivity index is 1.94. The largest absolute Gasteiger partial charge is 0.383 e. The van der Waals surface area contributed by atoms with Gasteiger partial charge in [-0.2, -0.15) is 0 Å². The van der Waals surface area contributed by atoms with E-state index in [-0.39, 0.29) is 0 Å². The number of methoxy groups -OCH3 is 1. The molecule has 0 aliphatic carbocycles. The van der Waals surface area contributed by atoms with Gasteiger partial charge in [-0.3, -0.25) is 0 Å². The van der Waals surface area contributed by atoms with Crippen LogP contribution < -0.4 is 5.32 Å². The molecular formula is C15H22N4O. The monoisotopic (exact) mass is 274 g/mol.